The number of hydrogen-bond donors (Lipinski definition) is 0. The van der Waals surface area contributed by atoms with Crippen LogP contribution in [0.15, 0.2) is 101 Å². The van der Waals surface area contributed by atoms with Gasteiger partial charge in [0.2, 0.25) is 5.82 Å². The summed E-state index contributed by atoms with van der Waals surface area (Å²) >= 11 is 1.67. The number of rotatable bonds is 7. The standard InChI is InChI=1S/C23H19N5OS/c1-2-6-18(7-3-1)16-27-22(21-8-4-15-29-21)25-26-23(27)30-17-19-9-11-20(12-10-19)28-14-5-13-24-28/h1-15H,16-17H2. The van der Waals surface area contributed by atoms with Crippen molar-refractivity contribution in [2.24, 2.45) is 0 Å². The third kappa shape index (κ3) is 3.92. The summed E-state index contributed by atoms with van der Waals surface area (Å²) in [6.07, 6.45) is 5.37. The Morgan fingerprint density at radius 3 is 2.43 bits per heavy atom. The molecule has 5 rings (SSSR count). The maximum absolute atomic E-state index is 5.58. The normalized spacial score (nSPS) is 11.1. The molecule has 0 aliphatic heterocycles. The maximum atomic E-state index is 5.58. The summed E-state index contributed by atoms with van der Waals surface area (Å²) in [5.74, 6) is 2.25. The van der Waals surface area contributed by atoms with Gasteiger partial charge < -0.3 is 4.42 Å². The van der Waals surface area contributed by atoms with E-state index in [0.717, 1.165) is 22.4 Å². The zero-order valence-electron chi connectivity index (χ0n) is 16.1. The summed E-state index contributed by atoms with van der Waals surface area (Å²) in [5.41, 5.74) is 3.45. The van der Waals surface area contributed by atoms with Crippen molar-refractivity contribution >= 4 is 11.8 Å². The first kappa shape index (κ1) is 18.4. The van der Waals surface area contributed by atoms with Gasteiger partial charge in [0.15, 0.2) is 10.9 Å². The molecule has 148 valence electrons. The molecule has 6 nitrogen and oxygen atoms in total. The second kappa shape index (κ2) is 8.42. The fraction of sp³-hybridized carbons (Fsp3) is 0.0870. The van der Waals surface area contributed by atoms with Crippen molar-refractivity contribution < 1.29 is 4.42 Å². The van der Waals surface area contributed by atoms with Crippen LogP contribution in [0.25, 0.3) is 17.3 Å². The van der Waals surface area contributed by atoms with E-state index in [9.17, 15) is 0 Å². The van der Waals surface area contributed by atoms with E-state index in [1.807, 2.05) is 47.3 Å². The lowest BCUT2D eigenvalue weighted by atomic mass is 10.2. The molecule has 0 fully saturated rings. The lowest BCUT2D eigenvalue weighted by Gasteiger charge is -2.09. The second-order valence-corrected chi connectivity index (χ2v) is 7.70. The van der Waals surface area contributed by atoms with E-state index in [1.54, 1.807) is 24.2 Å². The molecule has 0 N–H and O–H groups in total. The van der Waals surface area contributed by atoms with Crippen LogP contribution in [-0.2, 0) is 12.3 Å². The molecule has 2 aromatic carbocycles. The zero-order chi connectivity index (χ0) is 20.2. The van der Waals surface area contributed by atoms with Crippen LogP contribution in [0, 0.1) is 0 Å². The third-order valence-electron chi connectivity index (χ3n) is 4.72. The molecular weight excluding hydrogens is 394 g/mol. The Labute approximate surface area is 178 Å². The number of furan rings is 1. The van der Waals surface area contributed by atoms with Gasteiger partial charge in [0.05, 0.1) is 18.5 Å². The highest BCUT2D eigenvalue weighted by Crippen LogP contribution is 2.28. The van der Waals surface area contributed by atoms with Crippen LogP contribution in [0.5, 0.6) is 0 Å². The van der Waals surface area contributed by atoms with Gasteiger partial charge in [-0.05, 0) is 41.5 Å². The van der Waals surface area contributed by atoms with Crippen molar-refractivity contribution in [3.05, 3.63) is 103 Å². The average molecular weight is 414 g/mol. The monoisotopic (exact) mass is 413 g/mol. The first-order valence-electron chi connectivity index (χ1n) is 9.59. The highest BCUT2D eigenvalue weighted by molar-refractivity contribution is 7.98. The smallest absolute Gasteiger partial charge is 0.200 e. The Kier molecular flexibility index (Phi) is 5.18. The van der Waals surface area contributed by atoms with Crippen molar-refractivity contribution in [3.8, 4) is 17.3 Å². The minimum atomic E-state index is 0.685. The van der Waals surface area contributed by atoms with Crippen LogP contribution in [0.1, 0.15) is 11.1 Å². The molecule has 0 unspecified atom stereocenters. The van der Waals surface area contributed by atoms with E-state index >= 15 is 0 Å². The lowest BCUT2D eigenvalue weighted by molar-refractivity contribution is 0.569. The van der Waals surface area contributed by atoms with Gasteiger partial charge in [-0.1, -0.05) is 54.2 Å². The summed E-state index contributed by atoms with van der Waals surface area (Å²) in [6, 6.07) is 24.4. The minimum absolute atomic E-state index is 0.685. The Hall–Kier alpha value is -3.58. The first-order valence-corrected chi connectivity index (χ1v) is 10.6. The van der Waals surface area contributed by atoms with E-state index in [-0.39, 0.29) is 0 Å². The van der Waals surface area contributed by atoms with Crippen molar-refractivity contribution in [2.45, 2.75) is 17.5 Å². The summed E-state index contributed by atoms with van der Waals surface area (Å²) in [4.78, 5) is 0. The van der Waals surface area contributed by atoms with E-state index in [0.29, 0.717) is 12.3 Å². The van der Waals surface area contributed by atoms with Crippen LogP contribution >= 0.6 is 11.8 Å². The molecular formula is C23H19N5OS. The average Bonchev–Trinajstić information content (AvgIpc) is 3.56. The van der Waals surface area contributed by atoms with Gasteiger partial charge in [-0.15, -0.1) is 10.2 Å². The van der Waals surface area contributed by atoms with E-state index in [1.165, 1.54) is 11.1 Å². The minimum Gasteiger partial charge on any atom is -0.461 e. The zero-order valence-corrected chi connectivity index (χ0v) is 16.9. The van der Waals surface area contributed by atoms with E-state index in [4.69, 9.17) is 4.42 Å². The molecule has 0 spiro atoms. The fourth-order valence-corrected chi connectivity index (χ4v) is 4.10. The lowest BCUT2D eigenvalue weighted by Crippen LogP contribution is -2.04. The number of aromatic nitrogens is 5. The summed E-state index contributed by atoms with van der Waals surface area (Å²) in [7, 11) is 0. The number of hydrogen-bond acceptors (Lipinski definition) is 5. The maximum Gasteiger partial charge on any atom is 0.200 e. The predicted molar refractivity (Wildman–Crippen MR) is 116 cm³/mol. The summed E-state index contributed by atoms with van der Waals surface area (Å²) in [5, 5.41) is 14.0. The van der Waals surface area contributed by atoms with E-state index in [2.05, 4.69) is 56.3 Å². The Morgan fingerprint density at radius 1 is 0.833 bits per heavy atom. The fourth-order valence-electron chi connectivity index (χ4n) is 3.21. The third-order valence-corrected chi connectivity index (χ3v) is 5.75. The van der Waals surface area contributed by atoms with Gasteiger partial charge in [0, 0.05) is 18.1 Å². The van der Waals surface area contributed by atoms with Crippen LogP contribution in [0.3, 0.4) is 0 Å². The van der Waals surface area contributed by atoms with Crippen LogP contribution in [0.2, 0.25) is 0 Å². The quantitative estimate of drug-likeness (QED) is 0.349. The van der Waals surface area contributed by atoms with Crippen molar-refractivity contribution in [2.75, 3.05) is 0 Å². The van der Waals surface area contributed by atoms with Gasteiger partial charge in [-0.3, -0.25) is 4.57 Å². The molecule has 5 aromatic rings. The van der Waals surface area contributed by atoms with Crippen LogP contribution < -0.4 is 0 Å². The van der Waals surface area contributed by atoms with Crippen molar-refractivity contribution in [1.82, 2.24) is 24.5 Å². The molecule has 0 radical (unpaired) electrons. The molecule has 0 aliphatic rings. The predicted octanol–water partition coefficient (Wildman–Crippen LogP) is 5.06. The Bertz CT molecular complexity index is 1200. The van der Waals surface area contributed by atoms with Gasteiger partial charge in [0.1, 0.15) is 0 Å². The molecule has 30 heavy (non-hydrogen) atoms. The van der Waals surface area contributed by atoms with Gasteiger partial charge >= 0.3 is 0 Å². The topological polar surface area (TPSA) is 61.7 Å². The molecule has 0 saturated carbocycles. The molecule has 0 saturated heterocycles. The van der Waals surface area contributed by atoms with Crippen molar-refractivity contribution in [1.29, 1.82) is 0 Å². The molecule has 0 atom stereocenters. The molecule has 0 aliphatic carbocycles. The van der Waals surface area contributed by atoms with Crippen LogP contribution in [-0.4, -0.2) is 24.5 Å². The number of nitrogens with zero attached hydrogens (tertiary/aromatic N) is 5. The molecule has 3 heterocycles. The summed E-state index contributed by atoms with van der Waals surface area (Å²) < 4.78 is 9.54. The van der Waals surface area contributed by atoms with Gasteiger partial charge in [-0.25, -0.2) is 4.68 Å². The molecule has 3 aromatic heterocycles. The van der Waals surface area contributed by atoms with Crippen molar-refractivity contribution in [3.63, 3.8) is 0 Å². The molecule has 0 bridgehead atoms. The second-order valence-electron chi connectivity index (χ2n) is 6.76. The van der Waals surface area contributed by atoms with E-state index < -0.39 is 0 Å². The highest BCUT2D eigenvalue weighted by Gasteiger charge is 2.17. The molecule has 0 amide bonds. The number of thioether (sulfide) groups is 1. The highest BCUT2D eigenvalue weighted by atomic mass is 32.2. The SMILES string of the molecule is c1ccc(Cn2c(SCc3ccc(-n4cccn4)cc3)nnc2-c2ccco2)cc1. The summed E-state index contributed by atoms with van der Waals surface area (Å²) in [6.45, 7) is 0.685. The largest absolute Gasteiger partial charge is 0.461 e. The van der Waals surface area contributed by atoms with Crippen LogP contribution in [0.4, 0.5) is 0 Å². The first-order chi connectivity index (χ1) is 14.9. The number of benzene rings is 2. The van der Waals surface area contributed by atoms with Gasteiger partial charge in [0.25, 0.3) is 0 Å². The van der Waals surface area contributed by atoms with Gasteiger partial charge in [-0.2, -0.15) is 5.10 Å². The molecule has 7 heteroatoms. The Morgan fingerprint density at radius 2 is 1.70 bits per heavy atom. The Balaban J connectivity index is 1.37.